The third kappa shape index (κ3) is 1.56. The Hall–Kier alpha value is -0.300. The van der Waals surface area contributed by atoms with Crippen LogP contribution in [0.1, 0.15) is 35.6 Å². The highest BCUT2D eigenvalue weighted by Crippen LogP contribution is 2.31. The average molecular weight is 180 g/mol. The molecule has 0 amide bonds. The van der Waals surface area contributed by atoms with Gasteiger partial charge in [0.25, 0.3) is 0 Å². The third-order valence-corrected chi connectivity index (χ3v) is 3.67. The van der Waals surface area contributed by atoms with E-state index >= 15 is 0 Å². The zero-order valence-corrected chi connectivity index (χ0v) is 8.71. The van der Waals surface area contributed by atoms with Gasteiger partial charge >= 0.3 is 0 Å². The van der Waals surface area contributed by atoms with E-state index in [1.54, 1.807) is 15.3 Å². The molecule has 1 heteroatoms. The standard InChI is InChI=1S/C11H16S/c1-8(2)6-10-7-9-4-3-5-11(9)12-10/h7-8H,3-6H2,1-2H3. The largest absolute Gasteiger partial charge is 0.145 e. The molecule has 0 N–H and O–H groups in total. The van der Waals surface area contributed by atoms with Crippen molar-refractivity contribution in [1.82, 2.24) is 0 Å². The summed E-state index contributed by atoms with van der Waals surface area (Å²) in [5, 5.41) is 0. The molecule has 1 aromatic rings. The van der Waals surface area contributed by atoms with Crippen molar-refractivity contribution < 1.29 is 0 Å². The molecule has 0 aromatic carbocycles. The van der Waals surface area contributed by atoms with Crippen LogP contribution in [0.2, 0.25) is 0 Å². The zero-order valence-electron chi connectivity index (χ0n) is 7.89. The minimum Gasteiger partial charge on any atom is -0.145 e. The summed E-state index contributed by atoms with van der Waals surface area (Å²) in [6, 6.07) is 2.44. The Balaban J connectivity index is 2.15. The molecule has 0 bridgehead atoms. The number of hydrogen-bond donors (Lipinski definition) is 0. The molecule has 0 fully saturated rings. The van der Waals surface area contributed by atoms with Gasteiger partial charge in [-0.1, -0.05) is 13.8 Å². The number of rotatable bonds is 2. The second-order valence-electron chi connectivity index (χ2n) is 4.11. The molecule has 0 saturated heterocycles. The molecule has 0 radical (unpaired) electrons. The van der Waals surface area contributed by atoms with Gasteiger partial charge in [-0.15, -0.1) is 11.3 Å². The van der Waals surface area contributed by atoms with Crippen molar-refractivity contribution in [3.63, 3.8) is 0 Å². The average Bonchev–Trinajstić information content (AvgIpc) is 2.43. The molecule has 1 aromatic heterocycles. The monoisotopic (exact) mass is 180 g/mol. The Morgan fingerprint density at radius 3 is 2.92 bits per heavy atom. The maximum atomic E-state index is 2.44. The summed E-state index contributed by atoms with van der Waals surface area (Å²) in [6.07, 6.45) is 5.35. The van der Waals surface area contributed by atoms with Gasteiger partial charge in [-0.3, -0.25) is 0 Å². The lowest BCUT2D eigenvalue weighted by atomic mass is 10.1. The van der Waals surface area contributed by atoms with Gasteiger partial charge in [0.15, 0.2) is 0 Å². The first-order chi connectivity index (χ1) is 5.75. The Bertz CT molecular complexity index is 249. The van der Waals surface area contributed by atoms with E-state index < -0.39 is 0 Å². The second kappa shape index (κ2) is 3.21. The fourth-order valence-corrected chi connectivity index (χ4v) is 3.37. The molecule has 66 valence electrons. The second-order valence-corrected chi connectivity index (χ2v) is 5.33. The third-order valence-electron chi connectivity index (χ3n) is 2.41. The van der Waals surface area contributed by atoms with Crippen LogP contribution in [0.25, 0.3) is 0 Å². The van der Waals surface area contributed by atoms with E-state index in [0.29, 0.717) is 0 Å². The predicted molar refractivity (Wildman–Crippen MR) is 54.9 cm³/mol. The van der Waals surface area contributed by atoms with Gasteiger partial charge in [0.2, 0.25) is 0 Å². The van der Waals surface area contributed by atoms with Crippen molar-refractivity contribution in [2.75, 3.05) is 0 Å². The molecule has 0 saturated carbocycles. The highest BCUT2D eigenvalue weighted by Gasteiger charge is 2.14. The number of fused-ring (bicyclic) bond motifs is 1. The van der Waals surface area contributed by atoms with E-state index in [4.69, 9.17) is 0 Å². The van der Waals surface area contributed by atoms with E-state index in [1.807, 2.05) is 0 Å². The van der Waals surface area contributed by atoms with Crippen molar-refractivity contribution in [2.24, 2.45) is 5.92 Å². The van der Waals surface area contributed by atoms with Crippen molar-refractivity contribution in [3.05, 3.63) is 21.4 Å². The predicted octanol–water partition coefficient (Wildman–Crippen LogP) is 3.44. The van der Waals surface area contributed by atoms with Crippen molar-refractivity contribution in [2.45, 2.75) is 39.5 Å². The lowest BCUT2D eigenvalue weighted by Gasteiger charge is -1.99. The summed E-state index contributed by atoms with van der Waals surface area (Å²) >= 11 is 2.05. The van der Waals surface area contributed by atoms with Crippen LogP contribution in [-0.4, -0.2) is 0 Å². The van der Waals surface area contributed by atoms with Gasteiger partial charge in [0.1, 0.15) is 0 Å². The molecule has 1 aliphatic carbocycles. The number of aryl methyl sites for hydroxylation is 2. The first kappa shape index (κ1) is 8.31. The Labute approximate surface area is 78.6 Å². The topological polar surface area (TPSA) is 0 Å². The maximum absolute atomic E-state index is 2.44. The Morgan fingerprint density at radius 2 is 2.25 bits per heavy atom. The van der Waals surface area contributed by atoms with Crippen LogP contribution >= 0.6 is 11.3 Å². The van der Waals surface area contributed by atoms with Crippen LogP contribution in [-0.2, 0) is 19.3 Å². The molecule has 2 rings (SSSR count). The van der Waals surface area contributed by atoms with Crippen LogP contribution in [0.4, 0.5) is 0 Å². The molecule has 0 nitrogen and oxygen atoms in total. The van der Waals surface area contributed by atoms with Crippen LogP contribution in [0.3, 0.4) is 0 Å². The SMILES string of the molecule is CC(C)Cc1cc2c(s1)CCC2. The quantitative estimate of drug-likeness (QED) is 0.654. The maximum Gasteiger partial charge on any atom is 0.00802 e. The summed E-state index contributed by atoms with van der Waals surface area (Å²) in [5.74, 6) is 0.809. The summed E-state index contributed by atoms with van der Waals surface area (Å²) < 4.78 is 0. The van der Waals surface area contributed by atoms with Gasteiger partial charge in [-0.25, -0.2) is 0 Å². The molecule has 12 heavy (non-hydrogen) atoms. The highest BCUT2D eigenvalue weighted by molar-refractivity contribution is 7.12. The first-order valence-corrected chi connectivity index (χ1v) is 5.68. The summed E-state index contributed by atoms with van der Waals surface area (Å²) in [4.78, 5) is 3.28. The number of hydrogen-bond acceptors (Lipinski definition) is 1. The van der Waals surface area contributed by atoms with Gasteiger partial charge in [0.05, 0.1) is 0 Å². The first-order valence-electron chi connectivity index (χ1n) is 4.86. The molecule has 0 aliphatic heterocycles. The Morgan fingerprint density at radius 1 is 1.42 bits per heavy atom. The van der Waals surface area contributed by atoms with Crippen LogP contribution in [0, 0.1) is 5.92 Å². The van der Waals surface area contributed by atoms with Gasteiger partial charge in [-0.2, -0.15) is 0 Å². The van der Waals surface area contributed by atoms with E-state index in [2.05, 4.69) is 31.3 Å². The molecule has 1 heterocycles. The number of thiophene rings is 1. The summed E-state index contributed by atoms with van der Waals surface area (Å²) in [5.41, 5.74) is 1.65. The van der Waals surface area contributed by atoms with Crippen molar-refractivity contribution >= 4 is 11.3 Å². The van der Waals surface area contributed by atoms with Gasteiger partial charge in [0, 0.05) is 9.75 Å². The lowest BCUT2D eigenvalue weighted by molar-refractivity contribution is 0.654. The van der Waals surface area contributed by atoms with E-state index in [-0.39, 0.29) is 0 Å². The van der Waals surface area contributed by atoms with E-state index in [9.17, 15) is 0 Å². The van der Waals surface area contributed by atoms with Crippen LogP contribution in [0.15, 0.2) is 6.07 Å². The summed E-state index contributed by atoms with van der Waals surface area (Å²) in [6.45, 7) is 4.59. The normalized spacial score (nSPS) is 15.6. The van der Waals surface area contributed by atoms with E-state index in [1.165, 1.54) is 25.7 Å². The van der Waals surface area contributed by atoms with Crippen LogP contribution < -0.4 is 0 Å². The van der Waals surface area contributed by atoms with Crippen LogP contribution in [0.5, 0.6) is 0 Å². The van der Waals surface area contributed by atoms with Gasteiger partial charge < -0.3 is 0 Å². The fraction of sp³-hybridized carbons (Fsp3) is 0.636. The Kier molecular flexibility index (Phi) is 2.22. The molecule has 0 spiro atoms. The smallest absolute Gasteiger partial charge is 0.00802 e. The minimum atomic E-state index is 0.809. The summed E-state index contributed by atoms with van der Waals surface area (Å²) in [7, 11) is 0. The molecule has 1 aliphatic rings. The fourth-order valence-electron chi connectivity index (χ4n) is 1.89. The molecular weight excluding hydrogens is 164 g/mol. The highest BCUT2D eigenvalue weighted by atomic mass is 32.1. The lowest BCUT2D eigenvalue weighted by Crippen LogP contribution is -1.90. The van der Waals surface area contributed by atoms with Crippen molar-refractivity contribution in [3.8, 4) is 0 Å². The van der Waals surface area contributed by atoms with E-state index in [0.717, 1.165) is 5.92 Å². The molecule has 0 atom stereocenters. The molecule has 0 unspecified atom stereocenters. The zero-order chi connectivity index (χ0) is 8.55. The van der Waals surface area contributed by atoms with Crippen molar-refractivity contribution in [1.29, 1.82) is 0 Å². The van der Waals surface area contributed by atoms with Gasteiger partial charge in [-0.05, 0) is 43.2 Å². The minimum absolute atomic E-state index is 0.809. The molecular formula is C11H16S.